The summed E-state index contributed by atoms with van der Waals surface area (Å²) in [7, 11) is 4.61. The topological polar surface area (TPSA) is 89.4 Å². The summed E-state index contributed by atoms with van der Waals surface area (Å²) in [6.45, 7) is 0. The molecule has 0 saturated carbocycles. The number of nitrogens with zero attached hydrogens (tertiary/aromatic N) is 1. The molecule has 0 aliphatic heterocycles. The quantitative estimate of drug-likeness (QED) is 0.593. The number of amides is 1. The Morgan fingerprint density at radius 1 is 1.08 bits per heavy atom. The minimum Gasteiger partial charge on any atom is -0.507 e. The molecule has 25 heavy (non-hydrogen) atoms. The SMILES string of the molecule is COc1ccc(O)c(/C=N/NC(=O)Cc2ccc(OC)c(OC)c2)c1. The van der Waals surface area contributed by atoms with Crippen molar-refractivity contribution in [3.05, 3.63) is 47.5 Å². The number of aromatic hydroxyl groups is 1. The Labute approximate surface area is 145 Å². The molecule has 2 aromatic carbocycles. The number of hydrogen-bond acceptors (Lipinski definition) is 6. The second-order valence-corrected chi connectivity index (χ2v) is 5.08. The number of benzene rings is 2. The van der Waals surface area contributed by atoms with E-state index in [-0.39, 0.29) is 18.1 Å². The highest BCUT2D eigenvalue weighted by atomic mass is 16.5. The fourth-order valence-corrected chi connectivity index (χ4v) is 2.15. The zero-order chi connectivity index (χ0) is 18.2. The van der Waals surface area contributed by atoms with Crippen molar-refractivity contribution in [2.75, 3.05) is 21.3 Å². The molecule has 2 rings (SSSR count). The Morgan fingerprint density at radius 2 is 1.84 bits per heavy atom. The van der Waals surface area contributed by atoms with E-state index >= 15 is 0 Å². The third-order valence-corrected chi connectivity index (χ3v) is 3.44. The number of phenols is 1. The molecule has 0 radical (unpaired) electrons. The van der Waals surface area contributed by atoms with Gasteiger partial charge in [-0.15, -0.1) is 0 Å². The molecule has 0 fully saturated rings. The van der Waals surface area contributed by atoms with Crippen molar-refractivity contribution in [1.82, 2.24) is 5.43 Å². The molecule has 0 spiro atoms. The molecule has 1 amide bonds. The smallest absolute Gasteiger partial charge is 0.244 e. The van der Waals surface area contributed by atoms with Gasteiger partial charge in [-0.25, -0.2) is 5.43 Å². The maximum Gasteiger partial charge on any atom is 0.244 e. The average Bonchev–Trinajstić information content (AvgIpc) is 2.63. The highest BCUT2D eigenvalue weighted by molar-refractivity contribution is 5.86. The Bertz CT molecular complexity index is 774. The lowest BCUT2D eigenvalue weighted by Gasteiger charge is -2.09. The molecule has 0 aliphatic carbocycles. The molecule has 0 atom stereocenters. The van der Waals surface area contributed by atoms with Crippen LogP contribution in [0.5, 0.6) is 23.0 Å². The fourth-order valence-electron chi connectivity index (χ4n) is 2.15. The first-order valence-electron chi connectivity index (χ1n) is 7.47. The predicted octanol–water partition coefficient (Wildman–Crippen LogP) is 2.11. The van der Waals surface area contributed by atoms with Gasteiger partial charge in [0.15, 0.2) is 11.5 Å². The lowest BCUT2D eigenvalue weighted by molar-refractivity contribution is -0.120. The van der Waals surface area contributed by atoms with Crippen LogP contribution in [0.1, 0.15) is 11.1 Å². The second-order valence-electron chi connectivity index (χ2n) is 5.08. The zero-order valence-corrected chi connectivity index (χ0v) is 14.3. The molecular weight excluding hydrogens is 324 g/mol. The largest absolute Gasteiger partial charge is 0.507 e. The average molecular weight is 344 g/mol. The Balaban J connectivity index is 1.99. The van der Waals surface area contributed by atoms with Crippen molar-refractivity contribution < 1.29 is 24.1 Å². The minimum absolute atomic E-state index is 0.0405. The Hall–Kier alpha value is -3.22. The Kier molecular flexibility index (Phi) is 6.22. The van der Waals surface area contributed by atoms with Gasteiger partial charge in [-0.1, -0.05) is 6.07 Å². The van der Waals surface area contributed by atoms with Crippen LogP contribution in [0.25, 0.3) is 0 Å². The monoisotopic (exact) mass is 344 g/mol. The van der Waals surface area contributed by atoms with Crippen LogP contribution in [0.3, 0.4) is 0 Å². The van der Waals surface area contributed by atoms with Gasteiger partial charge in [-0.3, -0.25) is 4.79 Å². The van der Waals surface area contributed by atoms with E-state index < -0.39 is 0 Å². The molecule has 0 unspecified atom stereocenters. The van der Waals surface area contributed by atoms with Crippen molar-refractivity contribution in [1.29, 1.82) is 0 Å². The number of hydrazone groups is 1. The van der Waals surface area contributed by atoms with E-state index in [0.29, 0.717) is 22.8 Å². The number of hydrogen-bond donors (Lipinski definition) is 2. The summed E-state index contributed by atoms with van der Waals surface area (Å²) >= 11 is 0. The Morgan fingerprint density at radius 3 is 2.52 bits per heavy atom. The number of carbonyl (C=O) groups excluding carboxylic acids is 1. The lowest BCUT2D eigenvalue weighted by atomic mass is 10.1. The minimum atomic E-state index is -0.300. The number of phenolic OH excluding ortho intramolecular Hbond substituents is 1. The highest BCUT2D eigenvalue weighted by Crippen LogP contribution is 2.27. The van der Waals surface area contributed by atoms with E-state index in [1.54, 1.807) is 37.4 Å². The number of rotatable bonds is 7. The van der Waals surface area contributed by atoms with Gasteiger partial charge in [0, 0.05) is 5.56 Å². The zero-order valence-electron chi connectivity index (χ0n) is 14.3. The van der Waals surface area contributed by atoms with Gasteiger partial charge in [-0.05, 0) is 35.9 Å². The lowest BCUT2D eigenvalue weighted by Crippen LogP contribution is -2.19. The maximum atomic E-state index is 12.0. The van der Waals surface area contributed by atoms with Gasteiger partial charge in [0.05, 0.1) is 34.0 Å². The van der Waals surface area contributed by atoms with Crippen LogP contribution >= 0.6 is 0 Å². The molecule has 0 heterocycles. The molecule has 7 heteroatoms. The van der Waals surface area contributed by atoms with E-state index in [4.69, 9.17) is 14.2 Å². The van der Waals surface area contributed by atoms with Crippen LogP contribution < -0.4 is 19.6 Å². The molecule has 2 N–H and O–H groups in total. The van der Waals surface area contributed by atoms with Crippen molar-refractivity contribution in [2.24, 2.45) is 5.10 Å². The first kappa shape index (κ1) is 18.1. The third-order valence-electron chi connectivity index (χ3n) is 3.44. The molecule has 0 aliphatic rings. The third kappa shape index (κ3) is 4.87. The van der Waals surface area contributed by atoms with E-state index in [1.165, 1.54) is 26.5 Å². The number of carbonyl (C=O) groups is 1. The summed E-state index contributed by atoms with van der Waals surface area (Å²) in [5, 5.41) is 13.6. The van der Waals surface area contributed by atoms with E-state index in [2.05, 4.69) is 10.5 Å². The van der Waals surface area contributed by atoms with Gasteiger partial charge in [-0.2, -0.15) is 5.10 Å². The van der Waals surface area contributed by atoms with Gasteiger partial charge in [0.25, 0.3) is 0 Å². The van der Waals surface area contributed by atoms with Crippen LogP contribution in [-0.4, -0.2) is 38.6 Å². The van der Waals surface area contributed by atoms with E-state index in [0.717, 1.165) is 5.56 Å². The molecule has 2 aromatic rings. The number of ether oxygens (including phenoxy) is 3. The molecule has 0 aromatic heterocycles. The van der Waals surface area contributed by atoms with Crippen molar-refractivity contribution in [3.63, 3.8) is 0 Å². The van der Waals surface area contributed by atoms with Gasteiger partial charge in [0.1, 0.15) is 11.5 Å². The van der Waals surface area contributed by atoms with Crippen molar-refractivity contribution in [2.45, 2.75) is 6.42 Å². The van der Waals surface area contributed by atoms with Gasteiger partial charge in [0.2, 0.25) is 5.91 Å². The summed E-state index contributed by atoms with van der Waals surface area (Å²) in [5.74, 6) is 1.47. The summed E-state index contributed by atoms with van der Waals surface area (Å²) in [4.78, 5) is 12.0. The van der Waals surface area contributed by atoms with Crippen molar-refractivity contribution >= 4 is 12.1 Å². The predicted molar refractivity (Wildman–Crippen MR) is 93.6 cm³/mol. The first-order chi connectivity index (χ1) is 12.1. The molecule has 132 valence electrons. The summed E-state index contributed by atoms with van der Waals surface area (Å²) in [6.07, 6.45) is 1.48. The molecule has 7 nitrogen and oxygen atoms in total. The summed E-state index contributed by atoms with van der Waals surface area (Å²) in [5.41, 5.74) is 3.61. The van der Waals surface area contributed by atoms with Crippen LogP contribution in [0.15, 0.2) is 41.5 Å². The standard InChI is InChI=1S/C18H20N2O5/c1-23-14-5-6-15(21)13(10-14)11-19-20-18(22)9-12-4-7-16(24-2)17(8-12)25-3/h4-8,10-11,21H,9H2,1-3H3,(H,20,22)/b19-11+. The van der Waals surface area contributed by atoms with Crippen molar-refractivity contribution in [3.8, 4) is 23.0 Å². The van der Waals surface area contributed by atoms with Crippen LogP contribution in [0.2, 0.25) is 0 Å². The van der Waals surface area contributed by atoms with E-state index in [9.17, 15) is 9.90 Å². The van der Waals surface area contributed by atoms with Gasteiger partial charge >= 0.3 is 0 Å². The van der Waals surface area contributed by atoms with Crippen LogP contribution in [-0.2, 0) is 11.2 Å². The number of methoxy groups -OCH3 is 3. The second kappa shape index (κ2) is 8.58. The van der Waals surface area contributed by atoms with E-state index in [1.807, 2.05) is 0 Å². The maximum absolute atomic E-state index is 12.0. The summed E-state index contributed by atoms with van der Waals surface area (Å²) in [6, 6.07) is 9.97. The molecule has 0 saturated heterocycles. The molecular formula is C18H20N2O5. The summed E-state index contributed by atoms with van der Waals surface area (Å²) < 4.78 is 15.4. The highest BCUT2D eigenvalue weighted by Gasteiger charge is 2.08. The van der Waals surface area contributed by atoms with Crippen LogP contribution in [0, 0.1) is 0 Å². The number of nitrogens with one attached hydrogen (secondary N) is 1. The first-order valence-corrected chi connectivity index (χ1v) is 7.47. The van der Waals surface area contributed by atoms with Crippen LogP contribution in [0.4, 0.5) is 0 Å². The fraction of sp³-hybridized carbons (Fsp3) is 0.222. The van der Waals surface area contributed by atoms with Gasteiger partial charge < -0.3 is 19.3 Å². The normalized spacial score (nSPS) is 10.5. The molecule has 0 bridgehead atoms.